The Morgan fingerprint density at radius 3 is 1.41 bits per heavy atom. The Hall–Kier alpha value is -1.33. The van der Waals surface area contributed by atoms with Gasteiger partial charge in [0.2, 0.25) is 5.91 Å². The molecule has 0 radical (unpaired) electrons. The van der Waals surface area contributed by atoms with Crippen LogP contribution in [0.2, 0.25) is 0 Å². The highest BCUT2D eigenvalue weighted by molar-refractivity contribution is 5.76. The van der Waals surface area contributed by atoms with Gasteiger partial charge in [0, 0.05) is 6.42 Å². The molecule has 1 saturated heterocycles. The third-order valence-electron chi connectivity index (χ3n) is 12.6. The monoisotopic (exact) mass is 866 g/mol. The van der Waals surface area contributed by atoms with Crippen molar-refractivity contribution in [2.75, 3.05) is 13.2 Å². The lowest BCUT2D eigenvalue weighted by molar-refractivity contribution is -0.302. The number of hydrogen-bond acceptors (Lipinski definition) is 8. The minimum atomic E-state index is -1.55. The van der Waals surface area contributed by atoms with Crippen molar-refractivity contribution in [2.24, 2.45) is 0 Å². The fourth-order valence-electron chi connectivity index (χ4n) is 8.37. The molecule has 0 aliphatic carbocycles. The first-order valence-electron chi connectivity index (χ1n) is 26.0. The predicted octanol–water partition coefficient (Wildman–Crippen LogP) is 11.8. The molecule has 9 nitrogen and oxygen atoms in total. The first kappa shape index (κ1) is 57.7. The van der Waals surface area contributed by atoms with E-state index in [9.17, 15) is 30.3 Å². The molecular formula is C52H99NO8. The van der Waals surface area contributed by atoms with E-state index in [1.165, 1.54) is 173 Å². The molecule has 61 heavy (non-hydrogen) atoms. The predicted molar refractivity (Wildman–Crippen MR) is 253 cm³/mol. The van der Waals surface area contributed by atoms with Gasteiger partial charge in [0.1, 0.15) is 24.4 Å². The second kappa shape index (κ2) is 42.6. The Balaban J connectivity index is 2.22. The maximum Gasteiger partial charge on any atom is 0.220 e. The van der Waals surface area contributed by atoms with Crippen LogP contribution in [-0.4, -0.2) is 87.5 Å². The number of carbonyl (C=O) groups is 1. The van der Waals surface area contributed by atoms with Crippen LogP contribution in [0.25, 0.3) is 0 Å². The fourth-order valence-corrected chi connectivity index (χ4v) is 8.37. The Labute approximate surface area is 375 Å². The van der Waals surface area contributed by atoms with E-state index in [2.05, 4.69) is 43.5 Å². The number of rotatable bonds is 44. The van der Waals surface area contributed by atoms with E-state index in [-0.39, 0.29) is 12.5 Å². The van der Waals surface area contributed by atoms with Crippen LogP contribution in [0.1, 0.15) is 245 Å². The van der Waals surface area contributed by atoms with E-state index < -0.39 is 49.5 Å². The van der Waals surface area contributed by atoms with Crippen LogP contribution in [0.3, 0.4) is 0 Å². The molecule has 0 aromatic heterocycles. The molecule has 9 heteroatoms. The zero-order chi connectivity index (χ0) is 44.4. The summed E-state index contributed by atoms with van der Waals surface area (Å²) in [6.07, 6.45) is 44.8. The van der Waals surface area contributed by atoms with E-state index in [0.29, 0.717) is 12.8 Å². The number of aliphatic hydroxyl groups is 5. The maximum atomic E-state index is 13.0. The number of carbonyl (C=O) groups excluding carboxylic acids is 1. The second-order valence-electron chi connectivity index (χ2n) is 18.3. The molecule has 7 atom stereocenters. The Kier molecular flexibility index (Phi) is 40.3. The van der Waals surface area contributed by atoms with Gasteiger partial charge in [0.15, 0.2) is 6.29 Å². The zero-order valence-corrected chi connectivity index (χ0v) is 39.7. The SMILES string of the molecule is CCCCCCCCCCC/C=C\C/C=C\CCCCCCCCCCCC(=O)NC(COC1OC(CO)C(O)C(O)C1O)C(O)CCCCCCCCCCCCCCC. The normalized spacial score (nSPS) is 20.5. The van der Waals surface area contributed by atoms with E-state index in [1.807, 2.05) is 0 Å². The smallest absolute Gasteiger partial charge is 0.220 e. The lowest BCUT2D eigenvalue weighted by atomic mass is 9.99. The van der Waals surface area contributed by atoms with Crippen LogP contribution in [0.15, 0.2) is 24.3 Å². The third kappa shape index (κ3) is 32.9. The molecule has 7 unspecified atom stereocenters. The molecule has 6 N–H and O–H groups in total. The quantitative estimate of drug-likeness (QED) is 0.0262. The lowest BCUT2D eigenvalue weighted by Crippen LogP contribution is -2.60. The Bertz CT molecular complexity index is 1010. The highest BCUT2D eigenvalue weighted by Crippen LogP contribution is 2.23. The summed E-state index contributed by atoms with van der Waals surface area (Å²) in [5.74, 6) is -0.147. The first-order valence-corrected chi connectivity index (χ1v) is 26.0. The van der Waals surface area contributed by atoms with Gasteiger partial charge in [0.05, 0.1) is 25.4 Å². The van der Waals surface area contributed by atoms with E-state index in [0.717, 1.165) is 44.9 Å². The van der Waals surface area contributed by atoms with Crippen molar-refractivity contribution in [1.82, 2.24) is 5.32 Å². The first-order chi connectivity index (χ1) is 29.8. The summed E-state index contributed by atoms with van der Waals surface area (Å²) in [4.78, 5) is 13.0. The second-order valence-corrected chi connectivity index (χ2v) is 18.3. The summed E-state index contributed by atoms with van der Waals surface area (Å²) in [5, 5.41) is 54.4. The molecule has 0 bridgehead atoms. The van der Waals surface area contributed by atoms with Crippen molar-refractivity contribution in [3.05, 3.63) is 24.3 Å². The number of aliphatic hydroxyl groups excluding tert-OH is 5. The van der Waals surface area contributed by atoms with Crippen molar-refractivity contribution in [3.8, 4) is 0 Å². The zero-order valence-electron chi connectivity index (χ0n) is 39.7. The van der Waals surface area contributed by atoms with Gasteiger partial charge >= 0.3 is 0 Å². The van der Waals surface area contributed by atoms with E-state index in [4.69, 9.17) is 9.47 Å². The van der Waals surface area contributed by atoms with Crippen LogP contribution < -0.4 is 5.32 Å². The number of amides is 1. The minimum absolute atomic E-state index is 0.138. The molecule has 1 aliphatic rings. The average molecular weight is 866 g/mol. The average Bonchev–Trinajstić information content (AvgIpc) is 3.26. The largest absolute Gasteiger partial charge is 0.394 e. The van der Waals surface area contributed by atoms with Gasteiger partial charge in [-0.05, 0) is 44.9 Å². The highest BCUT2D eigenvalue weighted by atomic mass is 16.7. The van der Waals surface area contributed by atoms with Crippen molar-refractivity contribution in [2.45, 2.75) is 288 Å². The number of hydrogen-bond donors (Lipinski definition) is 6. The van der Waals surface area contributed by atoms with Crippen LogP contribution in [0, 0.1) is 0 Å². The molecule has 360 valence electrons. The third-order valence-corrected chi connectivity index (χ3v) is 12.6. The molecule has 0 saturated carbocycles. The summed E-state index contributed by atoms with van der Waals surface area (Å²) in [6, 6.07) is -0.719. The molecular weight excluding hydrogens is 767 g/mol. The summed E-state index contributed by atoms with van der Waals surface area (Å²) >= 11 is 0. The summed E-state index contributed by atoms with van der Waals surface area (Å²) in [5.41, 5.74) is 0. The molecule has 1 rings (SSSR count). The number of nitrogens with one attached hydrogen (secondary N) is 1. The van der Waals surface area contributed by atoms with Crippen LogP contribution >= 0.6 is 0 Å². The standard InChI is InChI=1S/C52H99NO8/c1-3-5-7-9-11-13-15-17-18-19-20-21-22-23-24-25-26-27-28-30-32-34-36-38-40-42-48(56)53-45(44-60-52-51(59)50(58)49(57)47(43-54)61-52)46(55)41-39-37-35-33-31-29-16-14-12-10-8-6-4-2/h20-21,23-24,45-47,49-52,54-55,57-59H,3-19,22,25-44H2,1-2H3,(H,53,56)/b21-20-,24-23-. The summed E-state index contributed by atoms with van der Waals surface area (Å²) in [6.45, 7) is 3.84. The van der Waals surface area contributed by atoms with Gasteiger partial charge in [0.25, 0.3) is 0 Å². The lowest BCUT2D eigenvalue weighted by Gasteiger charge is -2.40. The number of ether oxygens (including phenoxy) is 2. The molecule has 0 aromatic carbocycles. The Morgan fingerprint density at radius 2 is 0.967 bits per heavy atom. The van der Waals surface area contributed by atoms with Gasteiger partial charge in [-0.25, -0.2) is 0 Å². The van der Waals surface area contributed by atoms with E-state index >= 15 is 0 Å². The molecule has 0 aromatic rings. The van der Waals surface area contributed by atoms with Gasteiger partial charge in [-0.3, -0.25) is 4.79 Å². The maximum absolute atomic E-state index is 13.0. The molecule has 0 spiro atoms. The topological polar surface area (TPSA) is 149 Å². The van der Waals surface area contributed by atoms with Gasteiger partial charge in [-0.1, -0.05) is 218 Å². The molecule has 1 heterocycles. The Morgan fingerprint density at radius 1 is 0.557 bits per heavy atom. The van der Waals surface area contributed by atoms with Crippen LogP contribution in [-0.2, 0) is 14.3 Å². The molecule has 1 aliphatic heterocycles. The van der Waals surface area contributed by atoms with Gasteiger partial charge in [-0.2, -0.15) is 0 Å². The van der Waals surface area contributed by atoms with E-state index in [1.54, 1.807) is 0 Å². The van der Waals surface area contributed by atoms with Crippen LogP contribution in [0.4, 0.5) is 0 Å². The number of allylic oxidation sites excluding steroid dienone is 4. The van der Waals surface area contributed by atoms with Crippen molar-refractivity contribution < 1.29 is 39.8 Å². The summed E-state index contributed by atoms with van der Waals surface area (Å²) < 4.78 is 11.3. The fraction of sp³-hybridized carbons (Fsp3) is 0.904. The molecule has 1 amide bonds. The molecule has 1 fully saturated rings. The van der Waals surface area contributed by atoms with Crippen molar-refractivity contribution in [3.63, 3.8) is 0 Å². The van der Waals surface area contributed by atoms with Crippen LogP contribution in [0.5, 0.6) is 0 Å². The van der Waals surface area contributed by atoms with Crippen molar-refractivity contribution in [1.29, 1.82) is 0 Å². The number of unbranched alkanes of at least 4 members (excludes halogenated alkanes) is 30. The highest BCUT2D eigenvalue weighted by Gasteiger charge is 2.44. The van der Waals surface area contributed by atoms with Gasteiger partial charge < -0.3 is 40.3 Å². The van der Waals surface area contributed by atoms with Crippen molar-refractivity contribution >= 4 is 5.91 Å². The minimum Gasteiger partial charge on any atom is -0.394 e. The van der Waals surface area contributed by atoms with Gasteiger partial charge in [-0.15, -0.1) is 0 Å². The summed E-state index contributed by atoms with van der Waals surface area (Å²) in [7, 11) is 0.